The maximum absolute atomic E-state index is 12.4. The summed E-state index contributed by atoms with van der Waals surface area (Å²) in [6.45, 7) is 6.12. The van der Waals surface area contributed by atoms with Gasteiger partial charge in [-0.05, 0) is 30.0 Å². The fourth-order valence-electron chi connectivity index (χ4n) is 3.28. The predicted octanol–water partition coefficient (Wildman–Crippen LogP) is 1.21. The standard InChI is InChI=1S/C16H21N3O/c20-16-15-9-12(10-18-7-5-17-6-8-18)1-2-13(15)11-19(16)14-3-4-14/h1-2,9,14,17H,3-8,10-11H2. The van der Waals surface area contributed by atoms with Crippen molar-refractivity contribution < 1.29 is 4.79 Å². The first-order chi connectivity index (χ1) is 9.81. The van der Waals surface area contributed by atoms with E-state index in [2.05, 4.69) is 33.3 Å². The summed E-state index contributed by atoms with van der Waals surface area (Å²) in [5.41, 5.74) is 3.44. The Morgan fingerprint density at radius 3 is 2.75 bits per heavy atom. The predicted molar refractivity (Wildman–Crippen MR) is 77.5 cm³/mol. The van der Waals surface area contributed by atoms with Gasteiger partial charge in [0.05, 0.1) is 0 Å². The van der Waals surface area contributed by atoms with Crippen LogP contribution in [0, 0.1) is 0 Å². The van der Waals surface area contributed by atoms with E-state index in [0.29, 0.717) is 6.04 Å². The van der Waals surface area contributed by atoms with Crippen molar-refractivity contribution in [3.05, 3.63) is 34.9 Å². The minimum absolute atomic E-state index is 0.254. The fourth-order valence-corrected chi connectivity index (χ4v) is 3.28. The molecule has 106 valence electrons. The van der Waals surface area contributed by atoms with Gasteiger partial charge in [0.2, 0.25) is 0 Å². The van der Waals surface area contributed by atoms with Gasteiger partial charge >= 0.3 is 0 Å². The van der Waals surface area contributed by atoms with Crippen molar-refractivity contribution in [2.24, 2.45) is 0 Å². The molecule has 0 atom stereocenters. The number of hydrogen-bond acceptors (Lipinski definition) is 3. The van der Waals surface area contributed by atoms with Crippen molar-refractivity contribution in [1.82, 2.24) is 15.1 Å². The minimum Gasteiger partial charge on any atom is -0.331 e. The molecule has 4 heteroatoms. The molecule has 2 fully saturated rings. The molecule has 2 aliphatic heterocycles. The van der Waals surface area contributed by atoms with Crippen molar-refractivity contribution >= 4 is 5.91 Å². The summed E-state index contributed by atoms with van der Waals surface area (Å²) in [5.74, 6) is 0.254. The van der Waals surface area contributed by atoms with E-state index in [0.717, 1.165) is 44.8 Å². The van der Waals surface area contributed by atoms with Crippen LogP contribution in [0.2, 0.25) is 0 Å². The van der Waals surface area contributed by atoms with Crippen molar-refractivity contribution in [2.75, 3.05) is 26.2 Å². The Hall–Kier alpha value is -1.39. The van der Waals surface area contributed by atoms with Crippen LogP contribution in [-0.2, 0) is 13.1 Å². The quantitative estimate of drug-likeness (QED) is 0.897. The van der Waals surface area contributed by atoms with Crippen molar-refractivity contribution in [3.8, 4) is 0 Å². The Morgan fingerprint density at radius 1 is 1.20 bits per heavy atom. The van der Waals surface area contributed by atoms with Crippen LogP contribution in [0.1, 0.15) is 34.3 Å². The molecule has 1 aliphatic carbocycles. The summed E-state index contributed by atoms with van der Waals surface area (Å²) in [6.07, 6.45) is 2.38. The zero-order valence-electron chi connectivity index (χ0n) is 11.8. The maximum atomic E-state index is 12.4. The molecule has 0 radical (unpaired) electrons. The molecule has 1 amide bonds. The molecule has 20 heavy (non-hydrogen) atoms. The van der Waals surface area contributed by atoms with Gasteiger partial charge in [-0.3, -0.25) is 9.69 Å². The van der Waals surface area contributed by atoms with E-state index in [1.165, 1.54) is 24.0 Å². The summed E-state index contributed by atoms with van der Waals surface area (Å²) < 4.78 is 0. The first kappa shape index (κ1) is 12.4. The number of piperazine rings is 1. The van der Waals surface area contributed by atoms with Crippen LogP contribution in [0.5, 0.6) is 0 Å². The normalized spacial score (nSPS) is 23.2. The third-order valence-electron chi connectivity index (χ3n) is 4.61. The number of benzene rings is 1. The molecule has 0 aromatic heterocycles. The third kappa shape index (κ3) is 2.23. The van der Waals surface area contributed by atoms with Crippen LogP contribution in [0.3, 0.4) is 0 Å². The van der Waals surface area contributed by atoms with E-state index in [4.69, 9.17) is 0 Å². The highest BCUT2D eigenvalue weighted by atomic mass is 16.2. The summed E-state index contributed by atoms with van der Waals surface area (Å²) in [7, 11) is 0. The topological polar surface area (TPSA) is 35.6 Å². The molecule has 1 saturated carbocycles. The zero-order chi connectivity index (χ0) is 13.5. The lowest BCUT2D eigenvalue weighted by atomic mass is 10.1. The average molecular weight is 271 g/mol. The van der Waals surface area contributed by atoms with Gasteiger partial charge in [-0.1, -0.05) is 12.1 Å². The molecule has 0 spiro atoms. The number of nitrogens with zero attached hydrogens (tertiary/aromatic N) is 2. The molecule has 0 unspecified atom stereocenters. The Bertz CT molecular complexity index is 533. The molecule has 4 nitrogen and oxygen atoms in total. The van der Waals surface area contributed by atoms with Gasteiger partial charge in [-0.15, -0.1) is 0 Å². The van der Waals surface area contributed by atoms with E-state index in [1.807, 2.05) is 0 Å². The van der Waals surface area contributed by atoms with Gasteiger partial charge in [0.1, 0.15) is 0 Å². The van der Waals surface area contributed by atoms with Gasteiger partial charge in [-0.25, -0.2) is 0 Å². The van der Waals surface area contributed by atoms with Crippen LogP contribution in [0.4, 0.5) is 0 Å². The third-order valence-corrected chi connectivity index (χ3v) is 4.61. The summed E-state index contributed by atoms with van der Waals surface area (Å²) in [4.78, 5) is 16.9. The maximum Gasteiger partial charge on any atom is 0.254 e. The Balaban J connectivity index is 1.51. The van der Waals surface area contributed by atoms with Crippen LogP contribution in [0.15, 0.2) is 18.2 Å². The average Bonchev–Trinajstić information content (AvgIpc) is 3.26. The van der Waals surface area contributed by atoms with E-state index >= 15 is 0 Å². The molecule has 0 bridgehead atoms. The molecule has 1 N–H and O–H groups in total. The number of hydrogen-bond donors (Lipinski definition) is 1. The molecule has 1 saturated heterocycles. The van der Waals surface area contributed by atoms with Crippen LogP contribution < -0.4 is 5.32 Å². The largest absolute Gasteiger partial charge is 0.331 e. The smallest absolute Gasteiger partial charge is 0.254 e. The van der Waals surface area contributed by atoms with E-state index in [-0.39, 0.29) is 5.91 Å². The van der Waals surface area contributed by atoms with Crippen LogP contribution in [-0.4, -0.2) is 47.9 Å². The number of rotatable bonds is 3. The van der Waals surface area contributed by atoms with Gasteiger partial charge in [0.25, 0.3) is 5.91 Å². The van der Waals surface area contributed by atoms with E-state index < -0.39 is 0 Å². The summed E-state index contributed by atoms with van der Waals surface area (Å²) >= 11 is 0. The lowest BCUT2D eigenvalue weighted by Crippen LogP contribution is -2.42. The highest BCUT2D eigenvalue weighted by Crippen LogP contribution is 2.34. The number of fused-ring (bicyclic) bond motifs is 1. The molecule has 2 heterocycles. The second kappa shape index (κ2) is 4.86. The SMILES string of the molecule is O=C1c2cc(CN3CCNCC3)ccc2CN1C1CC1. The van der Waals surface area contributed by atoms with Crippen LogP contribution >= 0.6 is 0 Å². The Morgan fingerprint density at radius 2 is 2.00 bits per heavy atom. The molecular weight excluding hydrogens is 250 g/mol. The van der Waals surface area contributed by atoms with Gasteiger partial charge < -0.3 is 10.2 Å². The monoisotopic (exact) mass is 271 g/mol. The number of nitrogens with one attached hydrogen (secondary N) is 1. The van der Waals surface area contributed by atoms with Gasteiger partial charge in [0.15, 0.2) is 0 Å². The second-order valence-electron chi connectivity index (χ2n) is 6.18. The first-order valence-electron chi connectivity index (χ1n) is 7.67. The first-order valence-corrected chi connectivity index (χ1v) is 7.67. The van der Waals surface area contributed by atoms with E-state index in [1.54, 1.807) is 0 Å². The fraction of sp³-hybridized carbons (Fsp3) is 0.562. The van der Waals surface area contributed by atoms with Crippen molar-refractivity contribution in [2.45, 2.75) is 32.0 Å². The molecule has 1 aromatic rings. The van der Waals surface area contributed by atoms with Gasteiger partial charge in [0, 0.05) is 50.9 Å². The summed E-state index contributed by atoms with van der Waals surface area (Å²) in [5, 5.41) is 3.37. The lowest BCUT2D eigenvalue weighted by molar-refractivity contribution is 0.0766. The highest BCUT2D eigenvalue weighted by Gasteiger charge is 2.38. The summed E-state index contributed by atoms with van der Waals surface area (Å²) in [6, 6.07) is 7.01. The number of carbonyl (C=O) groups is 1. The molecule has 4 rings (SSSR count). The second-order valence-corrected chi connectivity index (χ2v) is 6.18. The van der Waals surface area contributed by atoms with Crippen molar-refractivity contribution in [3.63, 3.8) is 0 Å². The van der Waals surface area contributed by atoms with Crippen molar-refractivity contribution in [1.29, 1.82) is 0 Å². The highest BCUT2D eigenvalue weighted by molar-refractivity contribution is 5.98. The number of amides is 1. The van der Waals surface area contributed by atoms with Crippen LogP contribution in [0.25, 0.3) is 0 Å². The Kier molecular flexibility index (Phi) is 3.00. The molecular formula is C16H21N3O. The zero-order valence-corrected chi connectivity index (χ0v) is 11.8. The van der Waals surface area contributed by atoms with E-state index in [9.17, 15) is 4.79 Å². The van der Waals surface area contributed by atoms with Gasteiger partial charge in [-0.2, -0.15) is 0 Å². The number of carbonyl (C=O) groups excluding carboxylic acids is 1. The minimum atomic E-state index is 0.254. The molecule has 3 aliphatic rings. The lowest BCUT2D eigenvalue weighted by Gasteiger charge is -2.27. The Labute approximate surface area is 119 Å². The molecule has 1 aromatic carbocycles.